The molecule has 2 aromatic rings. The summed E-state index contributed by atoms with van der Waals surface area (Å²) in [6.45, 7) is 3.07. The van der Waals surface area contributed by atoms with Crippen LogP contribution in [0.15, 0.2) is 18.5 Å². The van der Waals surface area contributed by atoms with Crippen molar-refractivity contribution in [2.45, 2.75) is 39.0 Å². The van der Waals surface area contributed by atoms with Crippen LogP contribution in [0.3, 0.4) is 0 Å². The van der Waals surface area contributed by atoms with E-state index in [9.17, 15) is 23.2 Å². The summed E-state index contributed by atoms with van der Waals surface area (Å²) in [5.74, 6) is -2.38. The van der Waals surface area contributed by atoms with Crippen LogP contribution in [-0.2, 0) is 4.79 Å². The van der Waals surface area contributed by atoms with E-state index in [0.717, 1.165) is 24.5 Å². The molecule has 0 atom stereocenters. The van der Waals surface area contributed by atoms with Gasteiger partial charge in [0.25, 0.3) is 6.20 Å². The van der Waals surface area contributed by atoms with Crippen LogP contribution in [0.25, 0.3) is 10.6 Å². The van der Waals surface area contributed by atoms with Gasteiger partial charge in [0, 0.05) is 29.9 Å². The molecule has 0 aliphatic carbocycles. The summed E-state index contributed by atoms with van der Waals surface area (Å²) in [7, 11) is 0. The Labute approximate surface area is 180 Å². The fourth-order valence-corrected chi connectivity index (χ4v) is 4.79. The SMILES string of the molecule is CCN(C(=O)CCSCCCC(C)(F)F)c1sc(-c2cc(F)c[n+](O)c2)nc1Cl. The van der Waals surface area contributed by atoms with Gasteiger partial charge < -0.3 is 4.90 Å². The first-order valence-corrected chi connectivity index (χ1v) is 11.3. The van der Waals surface area contributed by atoms with Crippen LogP contribution in [0.2, 0.25) is 5.15 Å². The maximum atomic E-state index is 13.5. The smallest absolute Gasteiger partial charge is 0.257 e. The minimum absolute atomic E-state index is 0.117. The molecule has 2 heterocycles. The number of thioether (sulfide) groups is 1. The second-order valence-electron chi connectivity index (χ2n) is 6.41. The highest BCUT2D eigenvalue weighted by molar-refractivity contribution is 7.99. The van der Waals surface area contributed by atoms with Gasteiger partial charge in [-0.25, -0.2) is 18.2 Å². The summed E-state index contributed by atoms with van der Waals surface area (Å²) in [6.07, 6.45) is 2.66. The Morgan fingerprint density at radius 2 is 2.14 bits per heavy atom. The molecule has 11 heteroatoms. The van der Waals surface area contributed by atoms with Gasteiger partial charge in [0.2, 0.25) is 18.0 Å². The molecule has 2 rings (SSSR count). The highest BCUT2D eigenvalue weighted by Crippen LogP contribution is 2.37. The molecule has 0 saturated heterocycles. The molecule has 0 bridgehead atoms. The molecule has 0 aromatic carbocycles. The Morgan fingerprint density at radius 3 is 2.76 bits per heavy atom. The van der Waals surface area contributed by atoms with Crippen LogP contribution in [0.1, 0.15) is 33.1 Å². The van der Waals surface area contributed by atoms with Crippen molar-refractivity contribution in [1.82, 2.24) is 4.98 Å². The van der Waals surface area contributed by atoms with Crippen molar-refractivity contribution in [3.63, 3.8) is 0 Å². The molecular weight excluding hydrogens is 447 g/mol. The lowest BCUT2D eigenvalue weighted by Crippen LogP contribution is -2.30. The Bertz CT molecular complexity index is 826. The second-order valence-corrected chi connectivity index (χ2v) is 8.97. The van der Waals surface area contributed by atoms with Gasteiger partial charge in [0.05, 0.1) is 5.56 Å². The van der Waals surface area contributed by atoms with Gasteiger partial charge in [-0.1, -0.05) is 22.9 Å². The number of hydrogen-bond acceptors (Lipinski definition) is 5. The summed E-state index contributed by atoms with van der Waals surface area (Å²) in [6, 6.07) is 1.21. The molecule has 29 heavy (non-hydrogen) atoms. The number of carbonyl (C=O) groups is 1. The van der Waals surface area contributed by atoms with Crippen molar-refractivity contribution in [2.24, 2.45) is 0 Å². The fourth-order valence-electron chi connectivity index (χ4n) is 2.54. The molecule has 0 radical (unpaired) electrons. The minimum atomic E-state index is -2.66. The Hall–Kier alpha value is -1.52. The van der Waals surface area contributed by atoms with E-state index in [1.807, 2.05) is 0 Å². The molecule has 0 fully saturated rings. The molecule has 1 N–H and O–H groups in total. The largest absolute Gasteiger partial charge is 0.301 e. The number of rotatable bonds is 10. The van der Waals surface area contributed by atoms with E-state index in [1.54, 1.807) is 6.92 Å². The minimum Gasteiger partial charge on any atom is -0.301 e. The van der Waals surface area contributed by atoms with E-state index in [0.29, 0.717) is 44.8 Å². The molecule has 0 saturated carbocycles. The predicted molar refractivity (Wildman–Crippen MR) is 110 cm³/mol. The first-order valence-electron chi connectivity index (χ1n) is 8.94. The second kappa shape index (κ2) is 10.5. The fraction of sp³-hybridized carbons (Fsp3) is 0.500. The molecular formula is C18H22ClF3N3O2S2+. The Morgan fingerprint density at radius 1 is 1.41 bits per heavy atom. The molecule has 1 amide bonds. The molecule has 0 aliphatic rings. The summed E-state index contributed by atoms with van der Waals surface area (Å²) in [4.78, 5) is 18.3. The lowest BCUT2D eigenvalue weighted by Gasteiger charge is -2.19. The zero-order valence-corrected chi connectivity index (χ0v) is 18.4. The standard InChI is InChI=1S/C18H22ClF3N3O2S2/c1-3-25(14(26)5-8-28-7-4-6-18(2,21)22)17-15(19)23-16(29-17)12-9-13(20)11-24(27)10-12/h9-11,27H,3-8H2,1-2H3/q+1. The number of pyridine rings is 1. The Kier molecular flexibility index (Phi) is 8.59. The van der Waals surface area contributed by atoms with Crippen molar-refractivity contribution >= 4 is 45.6 Å². The maximum absolute atomic E-state index is 13.5. The normalized spacial score (nSPS) is 11.7. The highest BCUT2D eigenvalue weighted by atomic mass is 35.5. The number of hydrogen-bond donors (Lipinski definition) is 1. The predicted octanol–water partition coefficient (Wildman–Crippen LogP) is 5.04. The molecule has 0 aliphatic heterocycles. The number of aromatic nitrogens is 2. The third-order valence-electron chi connectivity index (χ3n) is 3.86. The number of alkyl halides is 2. The molecule has 160 valence electrons. The quantitative estimate of drug-likeness (QED) is 0.301. The Balaban J connectivity index is 1.98. The van der Waals surface area contributed by atoms with Crippen molar-refractivity contribution in [2.75, 3.05) is 23.0 Å². The lowest BCUT2D eigenvalue weighted by molar-refractivity contribution is -0.905. The lowest BCUT2D eigenvalue weighted by atomic mass is 10.2. The van der Waals surface area contributed by atoms with Crippen molar-refractivity contribution in [1.29, 1.82) is 0 Å². The summed E-state index contributed by atoms with van der Waals surface area (Å²) in [5, 5.41) is 10.4. The number of anilines is 1. The van der Waals surface area contributed by atoms with E-state index in [1.165, 1.54) is 28.9 Å². The van der Waals surface area contributed by atoms with Crippen molar-refractivity contribution < 1.29 is 27.9 Å². The summed E-state index contributed by atoms with van der Waals surface area (Å²) < 4.78 is 39.7. The molecule has 0 spiro atoms. The van der Waals surface area contributed by atoms with Crippen LogP contribution >= 0.6 is 34.7 Å². The average Bonchev–Trinajstić information content (AvgIpc) is 2.99. The maximum Gasteiger partial charge on any atom is 0.257 e. The van der Waals surface area contributed by atoms with Gasteiger partial charge in [-0.2, -0.15) is 11.8 Å². The number of nitrogens with zero attached hydrogens (tertiary/aromatic N) is 3. The monoisotopic (exact) mass is 468 g/mol. The van der Waals surface area contributed by atoms with Gasteiger partial charge in [-0.05, 0) is 32.1 Å². The van der Waals surface area contributed by atoms with Gasteiger partial charge in [-0.3, -0.25) is 10.0 Å². The zero-order valence-electron chi connectivity index (χ0n) is 16.0. The van der Waals surface area contributed by atoms with Crippen LogP contribution in [-0.4, -0.2) is 40.1 Å². The molecule has 2 aromatic heterocycles. The van der Waals surface area contributed by atoms with Crippen LogP contribution in [0, 0.1) is 5.82 Å². The third kappa shape index (κ3) is 7.35. The van der Waals surface area contributed by atoms with Crippen LogP contribution in [0.4, 0.5) is 18.2 Å². The van der Waals surface area contributed by atoms with Crippen LogP contribution < -0.4 is 9.63 Å². The van der Waals surface area contributed by atoms with Gasteiger partial charge in [0.15, 0.2) is 11.0 Å². The summed E-state index contributed by atoms with van der Waals surface area (Å²) >= 11 is 8.78. The number of halogens is 4. The van der Waals surface area contributed by atoms with E-state index in [4.69, 9.17) is 11.6 Å². The van der Waals surface area contributed by atoms with Crippen molar-refractivity contribution in [3.05, 3.63) is 29.4 Å². The zero-order chi connectivity index (χ0) is 21.6. The van der Waals surface area contributed by atoms with E-state index in [2.05, 4.69) is 4.98 Å². The number of carbonyl (C=O) groups excluding carboxylic acids is 1. The molecule has 0 unspecified atom stereocenters. The van der Waals surface area contributed by atoms with Gasteiger partial charge in [0.1, 0.15) is 10.0 Å². The third-order valence-corrected chi connectivity index (χ3v) is 6.44. The molecule has 5 nitrogen and oxygen atoms in total. The van der Waals surface area contributed by atoms with E-state index in [-0.39, 0.29) is 23.9 Å². The van der Waals surface area contributed by atoms with E-state index < -0.39 is 11.7 Å². The van der Waals surface area contributed by atoms with Gasteiger partial charge in [-0.15, -0.1) is 0 Å². The summed E-state index contributed by atoms with van der Waals surface area (Å²) in [5.41, 5.74) is 0.331. The van der Waals surface area contributed by atoms with E-state index >= 15 is 0 Å². The average molecular weight is 469 g/mol. The number of amides is 1. The van der Waals surface area contributed by atoms with Crippen molar-refractivity contribution in [3.8, 4) is 10.6 Å². The topological polar surface area (TPSA) is 57.3 Å². The highest BCUT2D eigenvalue weighted by Gasteiger charge is 2.23. The van der Waals surface area contributed by atoms with Gasteiger partial charge >= 0.3 is 0 Å². The number of thiazole rings is 1. The first-order chi connectivity index (χ1) is 13.6. The van der Waals surface area contributed by atoms with Crippen LogP contribution in [0.5, 0.6) is 0 Å². The first kappa shape index (κ1) is 23.8.